The molecule has 0 bridgehead atoms. The van der Waals surface area contributed by atoms with Gasteiger partial charge in [-0.25, -0.2) is 14.8 Å². The number of rotatable bonds is 8. The van der Waals surface area contributed by atoms with E-state index in [0.717, 1.165) is 36.4 Å². The highest BCUT2D eigenvalue weighted by Crippen LogP contribution is 2.32. The molecular weight excluding hydrogens is 414 g/mol. The van der Waals surface area contributed by atoms with E-state index >= 15 is 0 Å². The molecule has 33 heavy (non-hydrogen) atoms. The van der Waals surface area contributed by atoms with Crippen LogP contribution < -0.4 is 10.6 Å². The molecule has 0 unspecified atom stereocenters. The first kappa shape index (κ1) is 22.6. The lowest BCUT2D eigenvalue weighted by atomic mass is 10.1. The van der Waals surface area contributed by atoms with Crippen LogP contribution in [0, 0.1) is 5.92 Å². The average Bonchev–Trinajstić information content (AvgIpc) is 3.12. The van der Waals surface area contributed by atoms with Crippen molar-refractivity contribution >= 4 is 39.7 Å². The van der Waals surface area contributed by atoms with E-state index in [9.17, 15) is 4.79 Å². The Morgan fingerprint density at radius 3 is 2.27 bits per heavy atom. The number of carbonyl (C=O) groups excluding carboxylic acids is 1. The number of hydrogen-bond donors (Lipinski definition) is 1. The molecule has 172 valence electrons. The maximum atomic E-state index is 13.1. The van der Waals surface area contributed by atoms with Crippen molar-refractivity contribution in [1.29, 1.82) is 0 Å². The average molecular weight is 446 g/mol. The summed E-state index contributed by atoms with van der Waals surface area (Å²) in [6, 6.07) is 15.7. The van der Waals surface area contributed by atoms with Crippen LogP contribution in [0.3, 0.4) is 0 Å². The number of aromatic nitrogens is 3. The second kappa shape index (κ2) is 9.48. The van der Waals surface area contributed by atoms with Crippen molar-refractivity contribution in [3.63, 3.8) is 0 Å². The third-order valence-corrected chi connectivity index (χ3v) is 6.13. The van der Waals surface area contributed by atoms with Crippen LogP contribution in [0.15, 0.2) is 48.5 Å². The number of fused-ring (bicyclic) bond motifs is 2. The lowest BCUT2D eigenvalue weighted by molar-refractivity contribution is 0.0450. The maximum absolute atomic E-state index is 13.1. The number of nitrogen functional groups attached to an aromatic ring is 1. The summed E-state index contributed by atoms with van der Waals surface area (Å²) in [6.45, 7) is 10.6. The van der Waals surface area contributed by atoms with E-state index in [4.69, 9.17) is 20.4 Å². The third kappa shape index (κ3) is 4.23. The molecule has 0 spiro atoms. The Balaban J connectivity index is 1.87. The van der Waals surface area contributed by atoms with Crippen LogP contribution in [-0.4, -0.2) is 40.2 Å². The second-order valence-electron chi connectivity index (χ2n) is 8.28. The van der Waals surface area contributed by atoms with Crippen molar-refractivity contribution in [1.82, 2.24) is 14.5 Å². The number of carbonyl (C=O) groups is 1. The zero-order valence-corrected chi connectivity index (χ0v) is 19.7. The lowest BCUT2D eigenvalue weighted by Gasteiger charge is -2.21. The molecule has 0 fully saturated rings. The van der Waals surface area contributed by atoms with Gasteiger partial charge < -0.3 is 15.4 Å². The molecule has 0 radical (unpaired) electrons. The van der Waals surface area contributed by atoms with Crippen LogP contribution in [0.5, 0.6) is 0 Å². The number of nitrogens with zero attached hydrogens (tertiary/aromatic N) is 4. The summed E-state index contributed by atoms with van der Waals surface area (Å²) in [6.07, 6.45) is 0.924. The minimum Gasteiger partial charge on any atom is -0.462 e. The molecule has 0 aliphatic heterocycles. The Hall–Kier alpha value is -3.61. The summed E-state index contributed by atoms with van der Waals surface area (Å²) in [4.78, 5) is 25.0. The van der Waals surface area contributed by atoms with E-state index in [2.05, 4.69) is 37.8 Å². The van der Waals surface area contributed by atoms with E-state index in [1.165, 1.54) is 0 Å². The number of benzene rings is 2. The van der Waals surface area contributed by atoms with Crippen molar-refractivity contribution in [2.75, 3.05) is 30.3 Å². The molecule has 1 atom stereocenters. The van der Waals surface area contributed by atoms with Gasteiger partial charge >= 0.3 is 5.97 Å². The summed E-state index contributed by atoms with van der Waals surface area (Å²) in [5.41, 5.74) is 11.2. The van der Waals surface area contributed by atoms with Gasteiger partial charge in [0, 0.05) is 24.5 Å². The van der Waals surface area contributed by atoms with Crippen LogP contribution in [0.25, 0.3) is 27.9 Å². The van der Waals surface area contributed by atoms with Crippen molar-refractivity contribution in [2.24, 2.45) is 5.92 Å². The lowest BCUT2D eigenvalue weighted by Crippen LogP contribution is -2.21. The minimum atomic E-state index is -0.471. The molecular formula is C26H31N5O2. The summed E-state index contributed by atoms with van der Waals surface area (Å²) < 4.78 is 7.40. The van der Waals surface area contributed by atoms with Crippen LogP contribution in [0.2, 0.25) is 0 Å². The van der Waals surface area contributed by atoms with Gasteiger partial charge in [-0.15, -0.1) is 0 Å². The fraction of sp³-hybridized carbons (Fsp3) is 0.346. The SMILES string of the molecule is CC[C@@H](C)COC(=O)c1c(N)n(-c2ccc(N(CC)CC)cc2)c2nc3ccccc3nc12. The normalized spacial score (nSPS) is 12.2. The maximum Gasteiger partial charge on any atom is 0.344 e. The molecule has 0 aliphatic rings. The van der Waals surface area contributed by atoms with Gasteiger partial charge in [-0.3, -0.25) is 4.57 Å². The Morgan fingerprint density at radius 2 is 1.67 bits per heavy atom. The van der Waals surface area contributed by atoms with Gasteiger partial charge in [0.1, 0.15) is 16.9 Å². The summed E-state index contributed by atoms with van der Waals surface area (Å²) in [5, 5.41) is 0. The Morgan fingerprint density at radius 1 is 1.03 bits per heavy atom. The van der Waals surface area contributed by atoms with Crippen LogP contribution in [-0.2, 0) is 4.74 Å². The monoisotopic (exact) mass is 445 g/mol. The van der Waals surface area contributed by atoms with E-state index < -0.39 is 5.97 Å². The highest BCUT2D eigenvalue weighted by molar-refractivity contribution is 6.09. The van der Waals surface area contributed by atoms with Crippen LogP contribution in [0.1, 0.15) is 44.5 Å². The van der Waals surface area contributed by atoms with Gasteiger partial charge in [-0.1, -0.05) is 32.4 Å². The van der Waals surface area contributed by atoms with Gasteiger partial charge in [0.15, 0.2) is 5.65 Å². The smallest absolute Gasteiger partial charge is 0.344 e. The molecule has 2 aromatic carbocycles. The predicted molar refractivity (Wildman–Crippen MR) is 134 cm³/mol. The minimum absolute atomic E-state index is 0.263. The number of para-hydroxylation sites is 2. The molecule has 0 aliphatic carbocycles. The van der Waals surface area contributed by atoms with E-state index in [1.807, 2.05) is 43.3 Å². The Labute approximate surface area is 194 Å². The highest BCUT2D eigenvalue weighted by Gasteiger charge is 2.26. The standard InChI is InChI=1S/C26H31N5O2/c1-5-17(4)16-33-26(32)22-23-25(29-21-11-9-8-10-20(21)28-23)31(24(22)27)19-14-12-18(13-15-19)30(6-2)7-3/h8-15,17H,5-7,16,27H2,1-4H3/t17-/m1/s1. The molecule has 7 nitrogen and oxygen atoms in total. The molecule has 0 saturated heterocycles. The number of esters is 1. The zero-order valence-electron chi connectivity index (χ0n) is 19.7. The van der Waals surface area contributed by atoms with Gasteiger partial charge in [0.05, 0.1) is 17.6 Å². The number of nitrogens with two attached hydrogens (primary N) is 1. The molecule has 2 heterocycles. The molecule has 4 rings (SSSR count). The van der Waals surface area contributed by atoms with Gasteiger partial charge in [-0.05, 0) is 56.2 Å². The largest absolute Gasteiger partial charge is 0.462 e. The van der Waals surface area contributed by atoms with E-state index in [1.54, 1.807) is 4.57 Å². The first-order valence-corrected chi connectivity index (χ1v) is 11.6. The van der Waals surface area contributed by atoms with Crippen molar-refractivity contribution in [2.45, 2.75) is 34.1 Å². The topological polar surface area (TPSA) is 86.3 Å². The quantitative estimate of drug-likeness (QED) is 0.375. The first-order chi connectivity index (χ1) is 16.0. The van der Waals surface area contributed by atoms with Crippen molar-refractivity contribution in [3.8, 4) is 5.69 Å². The van der Waals surface area contributed by atoms with Gasteiger partial charge in [0.25, 0.3) is 0 Å². The third-order valence-electron chi connectivity index (χ3n) is 6.13. The zero-order chi connectivity index (χ0) is 23.5. The molecule has 2 aromatic heterocycles. The Kier molecular flexibility index (Phi) is 6.49. The molecule has 7 heteroatoms. The van der Waals surface area contributed by atoms with Crippen LogP contribution >= 0.6 is 0 Å². The number of hydrogen-bond acceptors (Lipinski definition) is 6. The fourth-order valence-corrected chi connectivity index (χ4v) is 3.93. The summed E-state index contributed by atoms with van der Waals surface area (Å²) >= 11 is 0. The number of anilines is 2. The summed E-state index contributed by atoms with van der Waals surface area (Å²) in [5.74, 6) is 0.0778. The molecule has 2 N–H and O–H groups in total. The van der Waals surface area contributed by atoms with E-state index in [-0.39, 0.29) is 17.3 Å². The second-order valence-corrected chi connectivity index (χ2v) is 8.28. The van der Waals surface area contributed by atoms with E-state index in [0.29, 0.717) is 23.3 Å². The van der Waals surface area contributed by atoms with Crippen LogP contribution in [0.4, 0.5) is 11.5 Å². The molecule has 4 aromatic rings. The highest BCUT2D eigenvalue weighted by atomic mass is 16.5. The first-order valence-electron chi connectivity index (χ1n) is 11.6. The number of ether oxygens (including phenoxy) is 1. The summed E-state index contributed by atoms with van der Waals surface area (Å²) in [7, 11) is 0. The van der Waals surface area contributed by atoms with Crippen molar-refractivity contribution in [3.05, 3.63) is 54.1 Å². The van der Waals surface area contributed by atoms with Gasteiger partial charge in [-0.2, -0.15) is 0 Å². The molecule has 0 saturated carbocycles. The molecule has 0 amide bonds. The van der Waals surface area contributed by atoms with Crippen molar-refractivity contribution < 1.29 is 9.53 Å². The fourth-order valence-electron chi connectivity index (χ4n) is 3.93. The van der Waals surface area contributed by atoms with Gasteiger partial charge in [0.2, 0.25) is 0 Å². The Bertz CT molecular complexity index is 1280. The predicted octanol–water partition coefficient (Wildman–Crippen LogP) is 5.21.